The van der Waals surface area contributed by atoms with Crippen LogP contribution in [0.3, 0.4) is 0 Å². The van der Waals surface area contributed by atoms with E-state index in [2.05, 4.69) is 16.4 Å². The highest BCUT2D eigenvalue weighted by Crippen LogP contribution is 2.28. The zero-order chi connectivity index (χ0) is 10.7. The monoisotopic (exact) mass is 205 g/mol. The fourth-order valence-electron chi connectivity index (χ4n) is 2.35. The molecule has 3 nitrogen and oxygen atoms in total. The molecule has 1 saturated carbocycles. The largest absolute Gasteiger partial charge is 0.381 e. The van der Waals surface area contributed by atoms with Gasteiger partial charge in [-0.2, -0.15) is 0 Å². The van der Waals surface area contributed by atoms with E-state index in [0.717, 1.165) is 17.9 Å². The Hall–Kier alpha value is -1.09. The van der Waals surface area contributed by atoms with Crippen LogP contribution in [0, 0.1) is 12.8 Å². The van der Waals surface area contributed by atoms with Gasteiger partial charge in [0.1, 0.15) is 0 Å². The van der Waals surface area contributed by atoms with Crippen molar-refractivity contribution in [3.05, 3.63) is 24.0 Å². The van der Waals surface area contributed by atoms with Crippen LogP contribution in [0.15, 0.2) is 18.3 Å². The van der Waals surface area contributed by atoms with Gasteiger partial charge >= 0.3 is 0 Å². The molecule has 0 aromatic carbocycles. The van der Waals surface area contributed by atoms with E-state index in [4.69, 9.17) is 5.73 Å². The van der Waals surface area contributed by atoms with Gasteiger partial charge in [0.15, 0.2) is 0 Å². The van der Waals surface area contributed by atoms with Crippen LogP contribution in [0.25, 0.3) is 0 Å². The van der Waals surface area contributed by atoms with Crippen LogP contribution < -0.4 is 11.1 Å². The molecule has 2 atom stereocenters. The summed E-state index contributed by atoms with van der Waals surface area (Å²) in [7, 11) is 0. The van der Waals surface area contributed by atoms with Crippen LogP contribution in [0.4, 0.5) is 5.69 Å². The molecule has 15 heavy (non-hydrogen) atoms. The van der Waals surface area contributed by atoms with E-state index < -0.39 is 0 Å². The Balaban J connectivity index is 2.05. The standard InChI is InChI=1S/C12H19N3/c1-9-11(6-3-7-14-9)15-12-5-2-4-10(12)8-13/h3,6-7,10,12,15H,2,4-5,8,13H2,1H3. The molecule has 2 rings (SSSR count). The van der Waals surface area contributed by atoms with Gasteiger partial charge in [-0.05, 0) is 44.4 Å². The number of nitrogens with zero attached hydrogens (tertiary/aromatic N) is 1. The van der Waals surface area contributed by atoms with Crippen LogP contribution in [-0.4, -0.2) is 17.6 Å². The van der Waals surface area contributed by atoms with E-state index in [9.17, 15) is 0 Å². The van der Waals surface area contributed by atoms with Gasteiger partial charge in [0.2, 0.25) is 0 Å². The maximum absolute atomic E-state index is 5.76. The van der Waals surface area contributed by atoms with Gasteiger partial charge < -0.3 is 11.1 Å². The Labute approximate surface area is 91.1 Å². The summed E-state index contributed by atoms with van der Waals surface area (Å²) < 4.78 is 0. The molecule has 1 heterocycles. The third kappa shape index (κ3) is 2.29. The molecule has 0 saturated heterocycles. The molecular formula is C12H19N3. The Morgan fingerprint density at radius 3 is 3.13 bits per heavy atom. The highest BCUT2D eigenvalue weighted by Gasteiger charge is 2.25. The number of hydrogen-bond acceptors (Lipinski definition) is 3. The van der Waals surface area contributed by atoms with Crippen molar-refractivity contribution < 1.29 is 0 Å². The SMILES string of the molecule is Cc1ncccc1NC1CCCC1CN. The van der Waals surface area contributed by atoms with E-state index in [0.29, 0.717) is 12.0 Å². The Morgan fingerprint density at radius 2 is 2.40 bits per heavy atom. The van der Waals surface area contributed by atoms with Crippen molar-refractivity contribution in [3.63, 3.8) is 0 Å². The second kappa shape index (κ2) is 4.62. The van der Waals surface area contributed by atoms with Crippen LogP contribution in [-0.2, 0) is 0 Å². The Morgan fingerprint density at radius 1 is 1.53 bits per heavy atom. The average molecular weight is 205 g/mol. The summed E-state index contributed by atoms with van der Waals surface area (Å²) in [5.41, 5.74) is 7.99. The summed E-state index contributed by atoms with van der Waals surface area (Å²) in [6.45, 7) is 2.83. The van der Waals surface area contributed by atoms with Crippen molar-refractivity contribution in [1.82, 2.24) is 4.98 Å². The second-order valence-electron chi connectivity index (χ2n) is 4.31. The fraction of sp³-hybridized carbons (Fsp3) is 0.583. The molecule has 1 aromatic rings. The first-order chi connectivity index (χ1) is 7.31. The lowest BCUT2D eigenvalue weighted by atomic mass is 10.0. The van der Waals surface area contributed by atoms with E-state index in [1.807, 2.05) is 19.2 Å². The molecule has 0 radical (unpaired) electrons. The minimum atomic E-state index is 0.540. The van der Waals surface area contributed by atoms with Crippen molar-refractivity contribution in [2.75, 3.05) is 11.9 Å². The summed E-state index contributed by atoms with van der Waals surface area (Å²) in [6, 6.07) is 4.61. The van der Waals surface area contributed by atoms with Crippen molar-refractivity contribution in [2.24, 2.45) is 11.7 Å². The first kappa shape index (κ1) is 10.4. The maximum atomic E-state index is 5.76. The zero-order valence-electron chi connectivity index (χ0n) is 9.24. The molecule has 0 aliphatic heterocycles. The van der Waals surface area contributed by atoms with Crippen LogP contribution in [0.1, 0.15) is 25.0 Å². The smallest absolute Gasteiger partial charge is 0.0603 e. The molecule has 3 heteroatoms. The number of rotatable bonds is 3. The number of nitrogens with one attached hydrogen (secondary N) is 1. The van der Waals surface area contributed by atoms with Crippen LogP contribution in [0.2, 0.25) is 0 Å². The van der Waals surface area contributed by atoms with E-state index in [1.54, 1.807) is 0 Å². The Kier molecular flexibility index (Phi) is 3.21. The Bertz CT molecular complexity index is 324. The molecule has 1 fully saturated rings. The molecule has 0 spiro atoms. The quantitative estimate of drug-likeness (QED) is 0.792. The van der Waals surface area contributed by atoms with Crippen LogP contribution in [0.5, 0.6) is 0 Å². The minimum absolute atomic E-state index is 0.540. The number of aryl methyl sites for hydroxylation is 1. The summed E-state index contributed by atoms with van der Waals surface area (Å²) in [5, 5.41) is 3.57. The topological polar surface area (TPSA) is 50.9 Å². The van der Waals surface area contributed by atoms with Gasteiger partial charge in [-0.15, -0.1) is 0 Å². The molecular weight excluding hydrogens is 186 g/mol. The summed E-state index contributed by atoms with van der Waals surface area (Å²) in [6.07, 6.45) is 5.61. The van der Waals surface area contributed by atoms with Gasteiger partial charge in [0.25, 0.3) is 0 Å². The summed E-state index contributed by atoms with van der Waals surface area (Å²) >= 11 is 0. The first-order valence-corrected chi connectivity index (χ1v) is 5.69. The van der Waals surface area contributed by atoms with Gasteiger partial charge in [-0.3, -0.25) is 4.98 Å². The lowest BCUT2D eigenvalue weighted by molar-refractivity contribution is 0.516. The lowest BCUT2D eigenvalue weighted by Crippen LogP contribution is -2.29. The third-order valence-corrected chi connectivity index (χ3v) is 3.31. The molecule has 82 valence electrons. The first-order valence-electron chi connectivity index (χ1n) is 5.69. The average Bonchev–Trinajstić information content (AvgIpc) is 2.69. The number of anilines is 1. The number of aromatic nitrogens is 1. The molecule has 0 amide bonds. The van der Waals surface area contributed by atoms with Crippen molar-refractivity contribution in [2.45, 2.75) is 32.2 Å². The fourth-order valence-corrected chi connectivity index (χ4v) is 2.35. The number of nitrogens with two attached hydrogens (primary N) is 1. The summed E-state index contributed by atoms with van der Waals surface area (Å²) in [4.78, 5) is 4.28. The lowest BCUT2D eigenvalue weighted by Gasteiger charge is -2.21. The highest BCUT2D eigenvalue weighted by molar-refractivity contribution is 5.47. The normalized spacial score (nSPS) is 25.5. The van der Waals surface area contributed by atoms with E-state index >= 15 is 0 Å². The van der Waals surface area contributed by atoms with Gasteiger partial charge in [-0.1, -0.05) is 6.42 Å². The van der Waals surface area contributed by atoms with E-state index in [1.165, 1.54) is 19.3 Å². The predicted octanol–water partition coefficient (Wildman–Crippen LogP) is 1.93. The molecule has 1 aromatic heterocycles. The molecule has 3 N–H and O–H groups in total. The summed E-state index contributed by atoms with van der Waals surface area (Å²) in [5.74, 6) is 0.629. The predicted molar refractivity (Wildman–Crippen MR) is 62.8 cm³/mol. The van der Waals surface area contributed by atoms with Crippen molar-refractivity contribution >= 4 is 5.69 Å². The molecule has 1 aliphatic carbocycles. The highest BCUT2D eigenvalue weighted by atomic mass is 15.0. The van der Waals surface area contributed by atoms with Crippen molar-refractivity contribution in [3.8, 4) is 0 Å². The van der Waals surface area contributed by atoms with E-state index in [-0.39, 0.29) is 0 Å². The molecule has 2 unspecified atom stereocenters. The van der Waals surface area contributed by atoms with Gasteiger partial charge in [0, 0.05) is 12.2 Å². The molecule has 0 bridgehead atoms. The van der Waals surface area contributed by atoms with Gasteiger partial charge in [-0.25, -0.2) is 0 Å². The number of pyridine rings is 1. The third-order valence-electron chi connectivity index (χ3n) is 3.31. The number of hydrogen-bond donors (Lipinski definition) is 2. The van der Waals surface area contributed by atoms with Gasteiger partial charge in [0.05, 0.1) is 11.4 Å². The van der Waals surface area contributed by atoms with Crippen molar-refractivity contribution in [1.29, 1.82) is 0 Å². The second-order valence-corrected chi connectivity index (χ2v) is 4.31. The molecule has 1 aliphatic rings. The minimum Gasteiger partial charge on any atom is -0.381 e. The van der Waals surface area contributed by atoms with Crippen LogP contribution >= 0.6 is 0 Å². The zero-order valence-corrected chi connectivity index (χ0v) is 9.24. The maximum Gasteiger partial charge on any atom is 0.0603 e.